The molecule has 0 aliphatic rings. The van der Waals surface area contributed by atoms with Gasteiger partial charge < -0.3 is 0 Å². The maximum Gasteiger partial charge on any atom is 0.0599 e. The topological polar surface area (TPSA) is 12.4 Å². The van der Waals surface area contributed by atoms with E-state index in [1.54, 1.807) is 0 Å². The van der Waals surface area contributed by atoms with Crippen molar-refractivity contribution in [2.75, 3.05) is 5.33 Å². The van der Waals surface area contributed by atoms with E-state index in [0.717, 1.165) is 11.8 Å². The van der Waals surface area contributed by atoms with Crippen LogP contribution in [0, 0.1) is 5.92 Å². The third kappa shape index (κ3) is 5.12. The second-order valence-corrected chi connectivity index (χ2v) is 4.77. The molecule has 0 aromatic heterocycles. The molecule has 0 spiro atoms. The molecule has 82 valence electrons. The normalized spacial score (nSPS) is 13.6. The zero-order valence-corrected chi connectivity index (χ0v) is 10.9. The Morgan fingerprint density at radius 3 is 2.47 bits per heavy atom. The molecule has 1 aromatic rings. The SMILES string of the molecule is CC(C)C[C@@H](CBr)N=Cc1ccccc1. The van der Waals surface area contributed by atoms with Gasteiger partial charge in [-0.15, -0.1) is 0 Å². The van der Waals surface area contributed by atoms with E-state index >= 15 is 0 Å². The van der Waals surface area contributed by atoms with Crippen molar-refractivity contribution in [2.24, 2.45) is 10.9 Å². The van der Waals surface area contributed by atoms with Crippen LogP contribution in [-0.2, 0) is 0 Å². The summed E-state index contributed by atoms with van der Waals surface area (Å²) >= 11 is 3.50. The minimum absolute atomic E-state index is 0.394. The summed E-state index contributed by atoms with van der Waals surface area (Å²) in [5.74, 6) is 0.695. The Balaban J connectivity index is 2.55. The molecule has 0 radical (unpaired) electrons. The molecule has 0 fully saturated rings. The highest BCUT2D eigenvalue weighted by Crippen LogP contribution is 2.10. The molecular weight excluding hydrogens is 250 g/mol. The van der Waals surface area contributed by atoms with Gasteiger partial charge in [0.2, 0.25) is 0 Å². The summed E-state index contributed by atoms with van der Waals surface area (Å²) in [7, 11) is 0. The summed E-state index contributed by atoms with van der Waals surface area (Å²) in [6.07, 6.45) is 3.10. The van der Waals surface area contributed by atoms with Crippen LogP contribution in [0.1, 0.15) is 25.8 Å². The van der Waals surface area contributed by atoms with E-state index in [-0.39, 0.29) is 0 Å². The Hall–Kier alpha value is -0.630. The maximum absolute atomic E-state index is 4.58. The van der Waals surface area contributed by atoms with Crippen LogP contribution in [0.25, 0.3) is 0 Å². The Morgan fingerprint density at radius 2 is 1.93 bits per heavy atom. The number of hydrogen-bond acceptors (Lipinski definition) is 1. The van der Waals surface area contributed by atoms with Crippen LogP contribution in [0.3, 0.4) is 0 Å². The molecule has 1 nitrogen and oxygen atoms in total. The minimum Gasteiger partial charge on any atom is -0.288 e. The van der Waals surface area contributed by atoms with E-state index in [0.29, 0.717) is 12.0 Å². The fourth-order valence-corrected chi connectivity index (χ4v) is 1.87. The molecule has 0 bridgehead atoms. The highest BCUT2D eigenvalue weighted by Gasteiger charge is 2.06. The highest BCUT2D eigenvalue weighted by molar-refractivity contribution is 9.09. The van der Waals surface area contributed by atoms with Gasteiger partial charge in [0.1, 0.15) is 0 Å². The summed E-state index contributed by atoms with van der Waals surface area (Å²) in [5.41, 5.74) is 1.17. The van der Waals surface area contributed by atoms with Crippen LogP contribution >= 0.6 is 15.9 Å². The lowest BCUT2D eigenvalue weighted by molar-refractivity contribution is 0.528. The van der Waals surface area contributed by atoms with Gasteiger partial charge >= 0.3 is 0 Å². The third-order valence-electron chi connectivity index (χ3n) is 2.16. The molecule has 0 aliphatic carbocycles. The fourth-order valence-electron chi connectivity index (χ4n) is 1.44. The van der Waals surface area contributed by atoms with Crippen LogP contribution in [-0.4, -0.2) is 17.6 Å². The smallest absolute Gasteiger partial charge is 0.0599 e. The Labute approximate surface area is 101 Å². The monoisotopic (exact) mass is 267 g/mol. The summed E-state index contributed by atoms with van der Waals surface area (Å²) in [6, 6.07) is 10.6. The average Bonchev–Trinajstić information content (AvgIpc) is 2.25. The van der Waals surface area contributed by atoms with Gasteiger partial charge in [-0.2, -0.15) is 0 Å². The predicted octanol–water partition coefficient (Wildman–Crippen LogP) is 3.92. The van der Waals surface area contributed by atoms with E-state index in [1.165, 1.54) is 5.56 Å². The molecule has 0 saturated heterocycles. The van der Waals surface area contributed by atoms with Crippen molar-refractivity contribution in [1.82, 2.24) is 0 Å². The zero-order valence-electron chi connectivity index (χ0n) is 9.36. The lowest BCUT2D eigenvalue weighted by atomic mass is 10.1. The van der Waals surface area contributed by atoms with Gasteiger partial charge in [-0.3, -0.25) is 4.99 Å². The molecule has 0 heterocycles. The maximum atomic E-state index is 4.58. The second kappa shape index (κ2) is 6.78. The summed E-state index contributed by atoms with van der Waals surface area (Å²) < 4.78 is 0. The van der Waals surface area contributed by atoms with Gasteiger partial charge in [-0.1, -0.05) is 60.1 Å². The third-order valence-corrected chi connectivity index (χ3v) is 2.90. The summed E-state index contributed by atoms with van der Waals surface area (Å²) in [5, 5.41) is 0.939. The summed E-state index contributed by atoms with van der Waals surface area (Å²) in [4.78, 5) is 4.58. The number of alkyl halides is 1. The molecule has 1 rings (SSSR count). The number of rotatable bonds is 5. The van der Waals surface area contributed by atoms with Crippen molar-refractivity contribution in [3.8, 4) is 0 Å². The molecule has 0 N–H and O–H groups in total. The number of benzene rings is 1. The quantitative estimate of drug-likeness (QED) is 0.567. The zero-order chi connectivity index (χ0) is 11.1. The molecule has 15 heavy (non-hydrogen) atoms. The van der Waals surface area contributed by atoms with Gasteiger partial charge in [-0.05, 0) is 17.9 Å². The molecule has 1 atom stereocenters. The first-order valence-corrected chi connectivity index (χ1v) is 6.48. The van der Waals surface area contributed by atoms with Crippen molar-refractivity contribution < 1.29 is 0 Å². The average molecular weight is 268 g/mol. The van der Waals surface area contributed by atoms with E-state index < -0.39 is 0 Å². The van der Waals surface area contributed by atoms with Gasteiger partial charge in [-0.25, -0.2) is 0 Å². The molecular formula is C13H18BrN. The van der Waals surface area contributed by atoms with Gasteiger partial charge in [0.15, 0.2) is 0 Å². The minimum atomic E-state index is 0.394. The summed E-state index contributed by atoms with van der Waals surface area (Å²) in [6.45, 7) is 4.46. The number of halogens is 1. The molecule has 1 aromatic carbocycles. The lowest BCUT2D eigenvalue weighted by Crippen LogP contribution is -2.10. The van der Waals surface area contributed by atoms with Crippen molar-refractivity contribution >= 4 is 22.1 Å². The second-order valence-electron chi connectivity index (χ2n) is 4.13. The van der Waals surface area contributed by atoms with Crippen molar-refractivity contribution in [2.45, 2.75) is 26.3 Å². The predicted molar refractivity (Wildman–Crippen MR) is 71.1 cm³/mol. The standard InChI is InChI=1S/C13H18BrN/c1-11(2)8-13(9-14)15-10-12-6-4-3-5-7-12/h3-7,10-11,13H,8-9H2,1-2H3/t13-/m0/s1. The van der Waals surface area contributed by atoms with E-state index in [2.05, 4.69) is 46.9 Å². The molecule has 0 amide bonds. The van der Waals surface area contributed by atoms with Crippen molar-refractivity contribution in [3.63, 3.8) is 0 Å². The first kappa shape index (κ1) is 12.4. The fraction of sp³-hybridized carbons (Fsp3) is 0.462. The molecule has 0 aliphatic heterocycles. The van der Waals surface area contributed by atoms with Gasteiger partial charge in [0.25, 0.3) is 0 Å². The van der Waals surface area contributed by atoms with Crippen LogP contribution in [0.5, 0.6) is 0 Å². The molecule has 0 unspecified atom stereocenters. The van der Waals surface area contributed by atoms with Crippen LogP contribution in [0.15, 0.2) is 35.3 Å². The Morgan fingerprint density at radius 1 is 1.27 bits per heavy atom. The van der Waals surface area contributed by atoms with Crippen LogP contribution < -0.4 is 0 Å². The Bertz CT molecular complexity index is 293. The van der Waals surface area contributed by atoms with Gasteiger partial charge in [0.05, 0.1) is 6.04 Å². The molecule has 0 saturated carbocycles. The first-order chi connectivity index (χ1) is 7.22. The van der Waals surface area contributed by atoms with Crippen molar-refractivity contribution in [1.29, 1.82) is 0 Å². The van der Waals surface area contributed by atoms with E-state index in [4.69, 9.17) is 0 Å². The number of nitrogens with zero attached hydrogens (tertiary/aromatic N) is 1. The Kier molecular flexibility index (Phi) is 5.62. The number of hydrogen-bond donors (Lipinski definition) is 0. The van der Waals surface area contributed by atoms with E-state index in [9.17, 15) is 0 Å². The highest BCUT2D eigenvalue weighted by atomic mass is 79.9. The van der Waals surface area contributed by atoms with Crippen LogP contribution in [0.2, 0.25) is 0 Å². The van der Waals surface area contributed by atoms with Crippen molar-refractivity contribution in [3.05, 3.63) is 35.9 Å². The van der Waals surface area contributed by atoms with E-state index in [1.807, 2.05) is 24.4 Å². The van der Waals surface area contributed by atoms with Gasteiger partial charge in [0, 0.05) is 11.5 Å². The molecule has 2 heteroatoms. The van der Waals surface area contributed by atoms with Crippen LogP contribution in [0.4, 0.5) is 0 Å². The largest absolute Gasteiger partial charge is 0.288 e. The number of aliphatic imine (C=N–C) groups is 1. The first-order valence-electron chi connectivity index (χ1n) is 5.36. The lowest BCUT2D eigenvalue weighted by Gasteiger charge is -2.11.